The lowest BCUT2D eigenvalue weighted by atomic mass is 10.1. The summed E-state index contributed by atoms with van der Waals surface area (Å²) in [5.41, 5.74) is 2.02. The molecular weight excluding hydrogens is 522 g/mol. The average Bonchev–Trinajstić information content (AvgIpc) is 3.16. The molecule has 3 aromatic carbocycles. The molecule has 9 nitrogen and oxygen atoms in total. The summed E-state index contributed by atoms with van der Waals surface area (Å²) in [7, 11) is 0. The van der Waals surface area contributed by atoms with E-state index >= 15 is 0 Å². The van der Waals surface area contributed by atoms with Crippen molar-refractivity contribution in [3.05, 3.63) is 94.7 Å². The van der Waals surface area contributed by atoms with Gasteiger partial charge in [0, 0.05) is 16.9 Å². The molecule has 0 spiro atoms. The van der Waals surface area contributed by atoms with Crippen LogP contribution >= 0.6 is 11.6 Å². The van der Waals surface area contributed by atoms with E-state index in [1.807, 2.05) is 13.8 Å². The number of nitrogens with one attached hydrogen (secondary N) is 2. The summed E-state index contributed by atoms with van der Waals surface area (Å²) in [5, 5.41) is 5.41. The van der Waals surface area contributed by atoms with E-state index in [1.165, 1.54) is 0 Å². The molecule has 3 amide bonds. The summed E-state index contributed by atoms with van der Waals surface area (Å²) in [5.74, 6) is -1.41. The van der Waals surface area contributed by atoms with E-state index in [1.54, 1.807) is 72.8 Å². The van der Waals surface area contributed by atoms with E-state index in [4.69, 9.17) is 21.1 Å². The van der Waals surface area contributed by atoms with Crippen molar-refractivity contribution in [3.63, 3.8) is 0 Å². The molecule has 0 saturated heterocycles. The lowest BCUT2D eigenvalue weighted by Crippen LogP contribution is -2.32. The first-order chi connectivity index (χ1) is 18.8. The molecule has 0 unspecified atom stereocenters. The smallest absolute Gasteiger partial charge is 0.338 e. The van der Waals surface area contributed by atoms with Crippen LogP contribution in [0.5, 0.6) is 5.75 Å². The molecule has 3 aromatic rings. The van der Waals surface area contributed by atoms with Crippen LogP contribution in [0.4, 0.5) is 17.1 Å². The van der Waals surface area contributed by atoms with Crippen molar-refractivity contribution < 1.29 is 28.7 Å². The fourth-order valence-corrected chi connectivity index (χ4v) is 3.94. The fraction of sp³-hybridized carbons (Fsp3) is 0.172. The van der Waals surface area contributed by atoms with Gasteiger partial charge in [0.25, 0.3) is 17.7 Å². The van der Waals surface area contributed by atoms with Crippen LogP contribution in [0.3, 0.4) is 0 Å². The Morgan fingerprint density at radius 2 is 1.44 bits per heavy atom. The second kappa shape index (κ2) is 12.3. The van der Waals surface area contributed by atoms with Crippen LogP contribution in [-0.2, 0) is 14.3 Å². The molecule has 0 atom stereocenters. The monoisotopic (exact) mass is 547 g/mol. The number of nitrogens with zero attached hydrogens (tertiary/aromatic N) is 1. The minimum Gasteiger partial charge on any atom is -0.494 e. The van der Waals surface area contributed by atoms with Crippen LogP contribution in [0.25, 0.3) is 0 Å². The zero-order valence-electron chi connectivity index (χ0n) is 21.3. The van der Waals surface area contributed by atoms with E-state index in [0.29, 0.717) is 47.2 Å². The first-order valence-corrected chi connectivity index (χ1v) is 12.7. The Hall–Kier alpha value is -4.63. The van der Waals surface area contributed by atoms with Crippen molar-refractivity contribution in [1.29, 1.82) is 0 Å². The molecule has 0 bridgehead atoms. The number of hydrogen-bond donors (Lipinski definition) is 2. The van der Waals surface area contributed by atoms with Crippen molar-refractivity contribution in [3.8, 4) is 5.75 Å². The number of ether oxygens (including phenoxy) is 2. The molecule has 0 fully saturated rings. The maximum absolute atomic E-state index is 13.0. The van der Waals surface area contributed by atoms with E-state index in [0.717, 1.165) is 11.3 Å². The number of carbonyl (C=O) groups excluding carboxylic acids is 4. The summed E-state index contributed by atoms with van der Waals surface area (Å²) in [6.45, 7) is 4.61. The predicted molar refractivity (Wildman–Crippen MR) is 148 cm³/mol. The van der Waals surface area contributed by atoms with Crippen LogP contribution in [0.2, 0.25) is 0 Å². The van der Waals surface area contributed by atoms with Gasteiger partial charge in [0.1, 0.15) is 16.5 Å². The first-order valence-electron chi connectivity index (χ1n) is 12.3. The molecule has 39 heavy (non-hydrogen) atoms. The average molecular weight is 548 g/mol. The van der Waals surface area contributed by atoms with Crippen molar-refractivity contribution in [2.75, 3.05) is 28.7 Å². The standard InChI is InChI=1S/C29H26ClN3O6/c1-3-17-39-29(37)19-7-11-21(12-8-19)32-26(34)18-5-9-20(10-6-18)31-25-24(30)27(35)33(28(25)36)22-13-15-23(16-14-22)38-4-2/h5-16,31H,3-4,17H2,1-2H3,(H,32,34). The highest BCUT2D eigenvalue weighted by Gasteiger charge is 2.39. The van der Waals surface area contributed by atoms with E-state index in [9.17, 15) is 19.2 Å². The number of halogens is 1. The molecule has 0 aromatic heterocycles. The van der Waals surface area contributed by atoms with Gasteiger partial charge in [0.15, 0.2) is 0 Å². The van der Waals surface area contributed by atoms with Crippen LogP contribution in [0.1, 0.15) is 41.0 Å². The third-order valence-corrected chi connectivity index (χ3v) is 6.02. The zero-order valence-corrected chi connectivity index (χ0v) is 22.1. The van der Waals surface area contributed by atoms with Crippen LogP contribution in [0, 0.1) is 0 Å². The third kappa shape index (κ3) is 6.27. The number of imide groups is 1. The molecule has 1 aliphatic rings. The van der Waals surface area contributed by atoms with Crippen LogP contribution < -0.4 is 20.3 Å². The predicted octanol–water partition coefficient (Wildman–Crippen LogP) is 5.34. The maximum Gasteiger partial charge on any atom is 0.338 e. The van der Waals surface area contributed by atoms with Crippen LogP contribution in [0.15, 0.2) is 83.5 Å². The summed E-state index contributed by atoms with van der Waals surface area (Å²) >= 11 is 6.21. The second-order valence-corrected chi connectivity index (χ2v) is 8.81. The number of amides is 3. The number of benzene rings is 3. The highest BCUT2D eigenvalue weighted by molar-refractivity contribution is 6.53. The number of anilines is 3. The Morgan fingerprint density at radius 3 is 2.05 bits per heavy atom. The van der Waals surface area contributed by atoms with E-state index in [-0.39, 0.29) is 16.6 Å². The van der Waals surface area contributed by atoms with Gasteiger partial charge >= 0.3 is 5.97 Å². The first kappa shape index (κ1) is 27.4. The fourth-order valence-electron chi connectivity index (χ4n) is 3.72. The Bertz CT molecular complexity index is 1420. The molecular formula is C29H26ClN3O6. The molecule has 0 radical (unpaired) electrons. The molecule has 0 saturated carbocycles. The van der Waals surface area contributed by atoms with Gasteiger partial charge in [-0.15, -0.1) is 0 Å². The molecule has 4 rings (SSSR count). The molecule has 10 heteroatoms. The molecule has 1 heterocycles. The van der Waals surface area contributed by atoms with Crippen molar-refractivity contribution in [2.24, 2.45) is 0 Å². The largest absolute Gasteiger partial charge is 0.494 e. The highest BCUT2D eigenvalue weighted by atomic mass is 35.5. The summed E-state index contributed by atoms with van der Waals surface area (Å²) in [6, 6.07) is 19.2. The lowest BCUT2D eigenvalue weighted by molar-refractivity contribution is -0.120. The van der Waals surface area contributed by atoms with Crippen molar-refractivity contribution in [2.45, 2.75) is 20.3 Å². The number of hydrogen-bond acceptors (Lipinski definition) is 7. The zero-order chi connectivity index (χ0) is 27.9. The van der Waals surface area contributed by atoms with Gasteiger partial charge in [0.2, 0.25) is 0 Å². The topological polar surface area (TPSA) is 114 Å². The van der Waals surface area contributed by atoms with E-state index < -0.39 is 17.8 Å². The van der Waals surface area contributed by atoms with E-state index in [2.05, 4.69) is 10.6 Å². The van der Waals surface area contributed by atoms with Gasteiger partial charge in [-0.3, -0.25) is 14.4 Å². The Kier molecular flexibility index (Phi) is 8.63. The van der Waals surface area contributed by atoms with Crippen LogP contribution in [-0.4, -0.2) is 36.9 Å². The van der Waals surface area contributed by atoms with Gasteiger partial charge in [-0.2, -0.15) is 0 Å². The van der Waals surface area contributed by atoms with Crippen molar-refractivity contribution in [1.82, 2.24) is 0 Å². The Labute approximate surface area is 230 Å². The normalized spacial score (nSPS) is 12.9. The second-order valence-electron chi connectivity index (χ2n) is 8.43. The number of carbonyl (C=O) groups is 4. The SMILES string of the molecule is CCCOC(=O)c1ccc(NC(=O)c2ccc(NC3=C(Cl)C(=O)N(c4ccc(OCC)cc4)C3=O)cc2)cc1. The Morgan fingerprint density at radius 1 is 0.821 bits per heavy atom. The molecule has 0 aliphatic carbocycles. The molecule has 1 aliphatic heterocycles. The Balaban J connectivity index is 1.39. The van der Waals surface area contributed by atoms with Gasteiger partial charge in [-0.25, -0.2) is 9.69 Å². The molecule has 200 valence electrons. The third-order valence-electron chi connectivity index (χ3n) is 5.67. The highest BCUT2D eigenvalue weighted by Crippen LogP contribution is 2.31. The summed E-state index contributed by atoms with van der Waals surface area (Å²) in [4.78, 5) is 51.3. The summed E-state index contributed by atoms with van der Waals surface area (Å²) in [6.07, 6.45) is 0.732. The van der Waals surface area contributed by atoms with Gasteiger partial charge in [-0.1, -0.05) is 18.5 Å². The number of esters is 1. The molecule has 2 N–H and O–H groups in total. The van der Waals surface area contributed by atoms with Gasteiger partial charge in [-0.05, 0) is 86.1 Å². The van der Waals surface area contributed by atoms with Crippen molar-refractivity contribution >= 4 is 52.4 Å². The van der Waals surface area contributed by atoms with Gasteiger partial charge < -0.3 is 20.1 Å². The lowest BCUT2D eigenvalue weighted by Gasteiger charge is -2.15. The maximum atomic E-state index is 13.0. The minimum absolute atomic E-state index is 0.0645. The number of rotatable bonds is 10. The van der Waals surface area contributed by atoms with Gasteiger partial charge in [0.05, 0.1) is 24.5 Å². The summed E-state index contributed by atoms with van der Waals surface area (Å²) < 4.78 is 10.5. The quantitative estimate of drug-likeness (QED) is 0.260. The minimum atomic E-state index is -0.644.